The van der Waals surface area contributed by atoms with E-state index in [1.54, 1.807) is 13.2 Å². The zero-order chi connectivity index (χ0) is 17.8. The van der Waals surface area contributed by atoms with Gasteiger partial charge in [-0.3, -0.25) is 9.89 Å². The van der Waals surface area contributed by atoms with Gasteiger partial charge in [-0.2, -0.15) is 5.10 Å². The molecule has 9 heteroatoms. The zero-order valence-corrected chi connectivity index (χ0v) is 14.7. The van der Waals surface area contributed by atoms with Gasteiger partial charge in [0.2, 0.25) is 0 Å². The van der Waals surface area contributed by atoms with Crippen LogP contribution in [0.5, 0.6) is 0 Å². The molecule has 2 heterocycles. The van der Waals surface area contributed by atoms with Crippen LogP contribution in [0.15, 0.2) is 35.7 Å². The molecule has 25 heavy (non-hydrogen) atoms. The molecule has 3 N–H and O–H groups in total. The molecule has 0 saturated carbocycles. The molecule has 8 nitrogen and oxygen atoms in total. The highest BCUT2D eigenvalue weighted by Gasteiger charge is 2.18. The van der Waals surface area contributed by atoms with Crippen molar-refractivity contribution < 1.29 is 9.90 Å². The van der Waals surface area contributed by atoms with Gasteiger partial charge in [0.1, 0.15) is 11.4 Å². The summed E-state index contributed by atoms with van der Waals surface area (Å²) in [5.41, 5.74) is 2.07. The van der Waals surface area contributed by atoms with E-state index >= 15 is 0 Å². The van der Waals surface area contributed by atoms with Gasteiger partial charge in [-0.15, -0.1) is 0 Å². The fourth-order valence-corrected chi connectivity index (χ4v) is 2.67. The third-order valence-corrected chi connectivity index (χ3v) is 4.23. The van der Waals surface area contributed by atoms with Crippen molar-refractivity contribution in [1.29, 1.82) is 0 Å². The minimum Gasteiger partial charge on any atom is -0.395 e. The van der Waals surface area contributed by atoms with Crippen LogP contribution >= 0.6 is 11.8 Å². The number of thioether (sulfide) groups is 1. The normalized spacial score (nSPS) is 10.8. The number of nitrogens with one attached hydrogen (secondary N) is 2. The number of carbonyl (C=O) groups is 1. The van der Waals surface area contributed by atoms with Crippen LogP contribution in [-0.2, 0) is 0 Å². The third kappa shape index (κ3) is 3.72. The number of aliphatic hydroxyl groups excluding tert-OH is 1. The molecule has 0 unspecified atom stereocenters. The highest BCUT2D eigenvalue weighted by molar-refractivity contribution is 7.98. The summed E-state index contributed by atoms with van der Waals surface area (Å²) in [6.45, 7) is 0.134. The Balaban J connectivity index is 1.96. The van der Waals surface area contributed by atoms with Gasteiger partial charge in [0.05, 0.1) is 18.3 Å². The Labute approximate surface area is 148 Å². The number of aromatic amines is 1. The van der Waals surface area contributed by atoms with Gasteiger partial charge < -0.3 is 15.3 Å². The van der Waals surface area contributed by atoms with Gasteiger partial charge in [0.15, 0.2) is 5.16 Å². The maximum Gasteiger partial charge on any atom is 0.259 e. The standard InChI is InChI=1S/C16H18N6O2S/c1-22(5-6-23)15(24)12-9-17-16(25-2)20-14(12)19-11-3-4-13-10(7-11)8-18-21-13/h3-4,7-9,23H,5-6H2,1-2H3,(H,18,21)(H,17,19,20). The second-order valence-electron chi connectivity index (χ2n) is 5.37. The molecular formula is C16H18N6O2S. The summed E-state index contributed by atoms with van der Waals surface area (Å²) in [6.07, 6.45) is 5.11. The Morgan fingerprint density at radius 3 is 3.00 bits per heavy atom. The first-order valence-electron chi connectivity index (χ1n) is 7.60. The molecule has 1 amide bonds. The fourth-order valence-electron chi connectivity index (χ4n) is 2.33. The number of nitrogens with zero attached hydrogens (tertiary/aromatic N) is 4. The van der Waals surface area contributed by atoms with Crippen LogP contribution in [0, 0.1) is 0 Å². The van der Waals surface area contributed by atoms with Crippen molar-refractivity contribution in [2.75, 3.05) is 31.8 Å². The van der Waals surface area contributed by atoms with Crippen molar-refractivity contribution in [3.8, 4) is 0 Å². The van der Waals surface area contributed by atoms with Crippen LogP contribution in [0.4, 0.5) is 11.5 Å². The van der Waals surface area contributed by atoms with Gasteiger partial charge in [-0.25, -0.2) is 9.97 Å². The van der Waals surface area contributed by atoms with E-state index in [4.69, 9.17) is 5.11 Å². The van der Waals surface area contributed by atoms with Crippen molar-refractivity contribution >= 4 is 40.1 Å². The number of aromatic nitrogens is 4. The zero-order valence-electron chi connectivity index (χ0n) is 13.9. The molecule has 0 bridgehead atoms. The van der Waals surface area contributed by atoms with Gasteiger partial charge in [-0.05, 0) is 24.5 Å². The fraction of sp³-hybridized carbons (Fsp3) is 0.250. The lowest BCUT2D eigenvalue weighted by atomic mass is 10.2. The maximum atomic E-state index is 12.6. The van der Waals surface area contributed by atoms with E-state index in [2.05, 4.69) is 25.5 Å². The van der Waals surface area contributed by atoms with Gasteiger partial charge in [0.25, 0.3) is 5.91 Å². The van der Waals surface area contributed by atoms with E-state index in [-0.39, 0.29) is 19.1 Å². The molecule has 0 spiro atoms. The summed E-state index contributed by atoms with van der Waals surface area (Å²) >= 11 is 1.39. The first-order valence-corrected chi connectivity index (χ1v) is 8.82. The van der Waals surface area contributed by atoms with Crippen LogP contribution < -0.4 is 5.32 Å². The Hall–Kier alpha value is -2.65. The topological polar surface area (TPSA) is 107 Å². The third-order valence-electron chi connectivity index (χ3n) is 3.66. The largest absolute Gasteiger partial charge is 0.395 e. The van der Waals surface area contributed by atoms with E-state index in [1.165, 1.54) is 22.9 Å². The lowest BCUT2D eigenvalue weighted by molar-refractivity contribution is 0.0767. The minimum atomic E-state index is -0.256. The quantitative estimate of drug-likeness (QED) is 0.456. The Kier molecular flexibility index (Phi) is 5.15. The second-order valence-corrected chi connectivity index (χ2v) is 6.14. The highest BCUT2D eigenvalue weighted by atomic mass is 32.2. The summed E-state index contributed by atoms with van der Waals surface area (Å²) in [6, 6.07) is 5.71. The van der Waals surface area contributed by atoms with Crippen LogP contribution in [0.2, 0.25) is 0 Å². The van der Waals surface area contributed by atoms with Gasteiger partial charge in [-0.1, -0.05) is 11.8 Å². The number of fused-ring (bicyclic) bond motifs is 1. The molecule has 0 aliphatic rings. The number of benzene rings is 1. The molecule has 0 aliphatic heterocycles. The molecule has 3 rings (SSSR count). The lowest BCUT2D eigenvalue weighted by Crippen LogP contribution is -2.30. The predicted octanol–water partition coefficient (Wildman–Crippen LogP) is 1.88. The van der Waals surface area contributed by atoms with Gasteiger partial charge in [0, 0.05) is 30.9 Å². The van der Waals surface area contributed by atoms with Crippen LogP contribution in [0.1, 0.15) is 10.4 Å². The van der Waals surface area contributed by atoms with Crippen molar-refractivity contribution in [1.82, 2.24) is 25.1 Å². The SMILES string of the molecule is CSc1ncc(C(=O)N(C)CCO)c(Nc2ccc3[nH]ncc3c2)n1. The number of H-pyrrole nitrogens is 1. The maximum absolute atomic E-state index is 12.6. The molecule has 0 radical (unpaired) electrons. The summed E-state index contributed by atoms with van der Waals surface area (Å²) in [5, 5.41) is 20.7. The number of hydrogen-bond donors (Lipinski definition) is 3. The Morgan fingerprint density at radius 1 is 1.40 bits per heavy atom. The van der Waals surface area contributed by atoms with E-state index in [0.717, 1.165) is 16.6 Å². The molecule has 130 valence electrons. The number of rotatable bonds is 6. The number of likely N-dealkylation sites (N-methyl/N-ethyl adjacent to an activating group) is 1. The summed E-state index contributed by atoms with van der Waals surface area (Å²) < 4.78 is 0. The number of anilines is 2. The van der Waals surface area contributed by atoms with E-state index in [9.17, 15) is 4.79 Å². The molecule has 1 aromatic carbocycles. The lowest BCUT2D eigenvalue weighted by Gasteiger charge is -2.18. The Bertz CT molecular complexity index is 897. The smallest absolute Gasteiger partial charge is 0.259 e. The van der Waals surface area contributed by atoms with E-state index in [0.29, 0.717) is 16.5 Å². The van der Waals surface area contributed by atoms with Crippen molar-refractivity contribution in [3.63, 3.8) is 0 Å². The van der Waals surface area contributed by atoms with E-state index < -0.39 is 0 Å². The van der Waals surface area contributed by atoms with Crippen molar-refractivity contribution in [2.24, 2.45) is 0 Å². The number of carbonyl (C=O) groups excluding carboxylic acids is 1. The summed E-state index contributed by atoms with van der Waals surface area (Å²) in [7, 11) is 1.63. The minimum absolute atomic E-state index is 0.105. The molecule has 0 atom stereocenters. The van der Waals surface area contributed by atoms with Crippen LogP contribution in [-0.4, -0.2) is 62.5 Å². The van der Waals surface area contributed by atoms with Crippen molar-refractivity contribution in [2.45, 2.75) is 5.16 Å². The monoisotopic (exact) mass is 358 g/mol. The highest BCUT2D eigenvalue weighted by Crippen LogP contribution is 2.24. The molecular weight excluding hydrogens is 340 g/mol. The van der Waals surface area contributed by atoms with Crippen LogP contribution in [0.3, 0.4) is 0 Å². The molecule has 0 saturated heterocycles. The molecule has 3 aromatic rings. The van der Waals surface area contributed by atoms with Crippen LogP contribution in [0.25, 0.3) is 10.9 Å². The molecule has 2 aromatic heterocycles. The first kappa shape index (κ1) is 17.2. The first-order chi connectivity index (χ1) is 12.1. The van der Waals surface area contributed by atoms with Gasteiger partial charge >= 0.3 is 0 Å². The second kappa shape index (κ2) is 7.49. The predicted molar refractivity (Wildman–Crippen MR) is 97.2 cm³/mol. The van der Waals surface area contributed by atoms with E-state index in [1.807, 2.05) is 24.5 Å². The average molecular weight is 358 g/mol. The summed E-state index contributed by atoms with van der Waals surface area (Å²) in [5.74, 6) is 0.172. The molecule has 0 fully saturated rings. The average Bonchev–Trinajstić information content (AvgIpc) is 3.09. The van der Waals surface area contributed by atoms with Crippen molar-refractivity contribution in [3.05, 3.63) is 36.2 Å². The number of aliphatic hydroxyl groups is 1. The summed E-state index contributed by atoms with van der Waals surface area (Å²) in [4.78, 5) is 22.6. The number of amides is 1. The molecule has 0 aliphatic carbocycles. The Morgan fingerprint density at radius 2 is 2.24 bits per heavy atom. The number of hydrogen-bond acceptors (Lipinski definition) is 7.